The Morgan fingerprint density at radius 3 is 3.00 bits per heavy atom. The Balaban J connectivity index is 1.92. The number of thioether (sulfide) groups is 1. The molecule has 0 radical (unpaired) electrons. The van der Waals surface area contributed by atoms with Gasteiger partial charge in [-0.15, -0.1) is 0 Å². The molecule has 0 aliphatic carbocycles. The molecule has 104 valence electrons. The average molecular weight is 282 g/mol. The van der Waals surface area contributed by atoms with E-state index in [1.54, 1.807) is 6.33 Å². The summed E-state index contributed by atoms with van der Waals surface area (Å²) in [5, 5.41) is 3.59. The van der Waals surface area contributed by atoms with E-state index in [2.05, 4.69) is 20.2 Å². The van der Waals surface area contributed by atoms with Gasteiger partial charge in [-0.05, 0) is 6.92 Å². The van der Waals surface area contributed by atoms with E-state index in [4.69, 9.17) is 4.74 Å². The van der Waals surface area contributed by atoms with Crippen molar-refractivity contribution in [2.75, 3.05) is 43.5 Å². The first kappa shape index (κ1) is 14.1. The quantitative estimate of drug-likeness (QED) is 0.628. The van der Waals surface area contributed by atoms with Crippen LogP contribution in [0, 0.1) is 0 Å². The number of nitrogens with one attached hydrogen (secondary N) is 1. The monoisotopic (exact) mass is 282 g/mol. The van der Waals surface area contributed by atoms with Gasteiger partial charge in [0.2, 0.25) is 5.91 Å². The predicted octanol–water partition coefficient (Wildman–Crippen LogP) is 0.541. The van der Waals surface area contributed by atoms with E-state index in [1.807, 2.05) is 13.0 Å². The molecule has 0 aromatic carbocycles. The van der Waals surface area contributed by atoms with Gasteiger partial charge in [-0.3, -0.25) is 4.79 Å². The fourth-order valence-electron chi connectivity index (χ4n) is 1.76. The highest BCUT2D eigenvalue weighted by atomic mass is 32.2. The lowest BCUT2D eigenvalue weighted by atomic mass is 10.4. The summed E-state index contributed by atoms with van der Waals surface area (Å²) in [5.74, 6) is 1.31. The Hall–Kier alpha value is -1.34. The van der Waals surface area contributed by atoms with E-state index in [0.717, 1.165) is 37.1 Å². The van der Waals surface area contributed by atoms with Crippen molar-refractivity contribution < 1.29 is 9.53 Å². The van der Waals surface area contributed by atoms with Gasteiger partial charge in [-0.2, -0.15) is 0 Å². The van der Waals surface area contributed by atoms with Crippen LogP contribution >= 0.6 is 11.8 Å². The van der Waals surface area contributed by atoms with Crippen LogP contribution in [0.5, 0.6) is 0 Å². The second-order valence-electron chi connectivity index (χ2n) is 4.06. The normalized spacial score (nSPS) is 15.3. The Kier molecular flexibility index (Phi) is 5.41. The molecule has 0 unspecified atom stereocenters. The maximum atomic E-state index is 11.4. The third kappa shape index (κ3) is 4.36. The summed E-state index contributed by atoms with van der Waals surface area (Å²) in [6.45, 7) is 5.71. The molecule has 0 spiro atoms. The summed E-state index contributed by atoms with van der Waals surface area (Å²) in [6.07, 6.45) is 1.55. The molecule has 19 heavy (non-hydrogen) atoms. The predicted molar refractivity (Wildman–Crippen MR) is 74.5 cm³/mol. The van der Waals surface area contributed by atoms with E-state index in [1.165, 1.54) is 11.8 Å². The van der Waals surface area contributed by atoms with Crippen molar-refractivity contribution in [1.29, 1.82) is 0 Å². The molecule has 7 heteroatoms. The first-order valence-electron chi connectivity index (χ1n) is 6.34. The van der Waals surface area contributed by atoms with Crippen LogP contribution in [0.4, 0.5) is 5.82 Å². The van der Waals surface area contributed by atoms with Crippen LogP contribution in [0.25, 0.3) is 0 Å². The lowest BCUT2D eigenvalue weighted by Gasteiger charge is -2.27. The lowest BCUT2D eigenvalue weighted by Crippen LogP contribution is -2.36. The Labute approximate surface area is 116 Å². The van der Waals surface area contributed by atoms with Crippen LogP contribution in [0.15, 0.2) is 17.4 Å². The van der Waals surface area contributed by atoms with Gasteiger partial charge in [0.15, 0.2) is 0 Å². The second kappa shape index (κ2) is 7.30. The SMILES string of the molecule is CCNC(=O)CSc1cc(N2CCOCC2)ncn1. The minimum absolute atomic E-state index is 0.0269. The third-order valence-corrected chi connectivity index (χ3v) is 3.61. The van der Waals surface area contributed by atoms with E-state index in [0.29, 0.717) is 12.3 Å². The number of ether oxygens (including phenoxy) is 1. The summed E-state index contributed by atoms with van der Waals surface area (Å²) in [6, 6.07) is 1.93. The topological polar surface area (TPSA) is 67.4 Å². The summed E-state index contributed by atoms with van der Waals surface area (Å²) >= 11 is 1.43. The summed E-state index contributed by atoms with van der Waals surface area (Å²) < 4.78 is 5.31. The fourth-order valence-corrected chi connectivity index (χ4v) is 2.45. The van der Waals surface area contributed by atoms with Crippen LogP contribution in [0.3, 0.4) is 0 Å². The number of nitrogens with zero attached hydrogens (tertiary/aromatic N) is 3. The maximum absolute atomic E-state index is 11.4. The molecule has 1 aliphatic heterocycles. The van der Waals surface area contributed by atoms with Crippen LogP contribution < -0.4 is 10.2 Å². The van der Waals surface area contributed by atoms with Crippen LogP contribution in [0.2, 0.25) is 0 Å². The minimum atomic E-state index is 0.0269. The lowest BCUT2D eigenvalue weighted by molar-refractivity contribution is -0.118. The van der Waals surface area contributed by atoms with Crippen LogP contribution in [-0.4, -0.2) is 54.5 Å². The number of carbonyl (C=O) groups is 1. The molecule has 2 heterocycles. The van der Waals surface area contributed by atoms with Crippen molar-refractivity contribution in [1.82, 2.24) is 15.3 Å². The molecule has 0 saturated carbocycles. The summed E-state index contributed by atoms with van der Waals surface area (Å²) in [7, 11) is 0. The summed E-state index contributed by atoms with van der Waals surface area (Å²) in [5.41, 5.74) is 0. The van der Waals surface area contributed by atoms with Crippen molar-refractivity contribution >= 4 is 23.5 Å². The Bertz CT molecular complexity index is 424. The molecular formula is C12H18N4O2S. The van der Waals surface area contributed by atoms with E-state index < -0.39 is 0 Å². The molecular weight excluding hydrogens is 264 g/mol. The highest BCUT2D eigenvalue weighted by molar-refractivity contribution is 7.99. The van der Waals surface area contributed by atoms with Gasteiger partial charge in [0.1, 0.15) is 17.2 Å². The molecule has 0 bridgehead atoms. The fraction of sp³-hybridized carbons (Fsp3) is 0.583. The molecule has 0 atom stereocenters. The molecule has 1 amide bonds. The van der Waals surface area contributed by atoms with Crippen molar-refractivity contribution in [2.24, 2.45) is 0 Å². The van der Waals surface area contributed by atoms with Crippen LogP contribution in [-0.2, 0) is 9.53 Å². The van der Waals surface area contributed by atoms with Gasteiger partial charge < -0.3 is 15.0 Å². The third-order valence-electron chi connectivity index (χ3n) is 2.69. The zero-order chi connectivity index (χ0) is 13.5. The van der Waals surface area contributed by atoms with E-state index >= 15 is 0 Å². The maximum Gasteiger partial charge on any atom is 0.230 e. The van der Waals surface area contributed by atoms with Gasteiger partial charge in [0.25, 0.3) is 0 Å². The second-order valence-corrected chi connectivity index (χ2v) is 5.05. The Morgan fingerprint density at radius 2 is 2.26 bits per heavy atom. The smallest absolute Gasteiger partial charge is 0.230 e. The van der Waals surface area contributed by atoms with E-state index in [-0.39, 0.29) is 5.91 Å². The highest BCUT2D eigenvalue weighted by Crippen LogP contribution is 2.20. The number of hydrogen-bond donors (Lipinski definition) is 1. The zero-order valence-corrected chi connectivity index (χ0v) is 11.8. The first-order chi connectivity index (χ1) is 9.29. The van der Waals surface area contributed by atoms with Gasteiger partial charge in [-0.25, -0.2) is 9.97 Å². The van der Waals surface area contributed by atoms with Crippen molar-refractivity contribution in [3.63, 3.8) is 0 Å². The average Bonchev–Trinajstić information content (AvgIpc) is 2.47. The highest BCUT2D eigenvalue weighted by Gasteiger charge is 2.13. The molecule has 1 N–H and O–H groups in total. The number of anilines is 1. The number of amides is 1. The molecule has 1 aliphatic rings. The molecule has 1 aromatic rings. The number of carbonyl (C=O) groups excluding carboxylic acids is 1. The first-order valence-corrected chi connectivity index (χ1v) is 7.32. The molecule has 1 aromatic heterocycles. The molecule has 6 nitrogen and oxygen atoms in total. The minimum Gasteiger partial charge on any atom is -0.378 e. The molecule has 2 rings (SSSR count). The number of rotatable bonds is 5. The number of hydrogen-bond acceptors (Lipinski definition) is 6. The number of aromatic nitrogens is 2. The molecule has 1 saturated heterocycles. The zero-order valence-electron chi connectivity index (χ0n) is 11.0. The summed E-state index contributed by atoms with van der Waals surface area (Å²) in [4.78, 5) is 22.0. The van der Waals surface area contributed by atoms with Gasteiger partial charge in [0.05, 0.1) is 19.0 Å². The van der Waals surface area contributed by atoms with Gasteiger partial charge >= 0.3 is 0 Å². The largest absolute Gasteiger partial charge is 0.378 e. The van der Waals surface area contributed by atoms with Gasteiger partial charge in [-0.1, -0.05) is 11.8 Å². The standard InChI is InChI=1S/C12H18N4O2S/c1-2-13-11(17)8-19-12-7-10(14-9-15-12)16-3-5-18-6-4-16/h7,9H,2-6,8H2,1H3,(H,13,17). The van der Waals surface area contributed by atoms with E-state index in [9.17, 15) is 4.79 Å². The van der Waals surface area contributed by atoms with Crippen LogP contribution in [0.1, 0.15) is 6.92 Å². The Morgan fingerprint density at radius 1 is 1.47 bits per heavy atom. The number of morpholine rings is 1. The van der Waals surface area contributed by atoms with Crippen molar-refractivity contribution in [2.45, 2.75) is 11.9 Å². The van der Waals surface area contributed by atoms with Crippen molar-refractivity contribution in [3.05, 3.63) is 12.4 Å². The van der Waals surface area contributed by atoms with Gasteiger partial charge in [0, 0.05) is 25.7 Å². The molecule has 1 fully saturated rings. The van der Waals surface area contributed by atoms with Crippen molar-refractivity contribution in [3.8, 4) is 0 Å².